The Morgan fingerprint density at radius 1 is 1.07 bits per heavy atom. The van der Waals surface area contributed by atoms with Crippen molar-refractivity contribution < 1.29 is 21.8 Å². The Hall–Kier alpha value is -2.88. The smallest absolute Gasteiger partial charge is 0.306 e. The van der Waals surface area contributed by atoms with E-state index in [2.05, 4.69) is 15.2 Å². The Balaban J connectivity index is 0.00000370. The number of rotatable bonds is 8. The molecule has 2 aliphatic rings. The van der Waals surface area contributed by atoms with Crippen LogP contribution in [-0.2, 0) is 23.0 Å². The van der Waals surface area contributed by atoms with Crippen LogP contribution in [0.15, 0.2) is 53.1 Å². The van der Waals surface area contributed by atoms with E-state index in [1.165, 1.54) is 11.1 Å². The molecule has 1 aromatic heterocycles. The van der Waals surface area contributed by atoms with Gasteiger partial charge in [-0.05, 0) is 106 Å². The van der Waals surface area contributed by atoms with Gasteiger partial charge in [-0.25, -0.2) is 4.98 Å². The monoisotopic (exact) mass is 587 g/mol. The number of nitrogens with zero attached hydrogens (tertiary/aromatic N) is 2. The highest BCUT2D eigenvalue weighted by molar-refractivity contribution is 7.86. The molecular formula is C30H38ClN3O5S. The molecule has 2 aromatic carbocycles. The summed E-state index contributed by atoms with van der Waals surface area (Å²) in [5.41, 5.74) is 4.70. The molecule has 8 nitrogen and oxygen atoms in total. The summed E-state index contributed by atoms with van der Waals surface area (Å²) in [6.45, 7) is 4.92. The maximum atomic E-state index is 12.9. The van der Waals surface area contributed by atoms with Crippen LogP contribution in [-0.4, -0.2) is 56.1 Å². The minimum atomic E-state index is -3.52. The Bertz CT molecular complexity index is 1420. The number of fused-ring (bicyclic) bond motifs is 1. The first kappa shape index (κ1) is 30.1. The molecule has 1 fully saturated rings. The molecule has 1 N–H and O–H groups in total. The quantitative estimate of drug-likeness (QED) is 0.362. The van der Waals surface area contributed by atoms with E-state index in [-0.39, 0.29) is 24.4 Å². The van der Waals surface area contributed by atoms with E-state index in [9.17, 15) is 13.2 Å². The first-order valence-electron chi connectivity index (χ1n) is 13.8. The van der Waals surface area contributed by atoms with Crippen molar-refractivity contribution in [1.29, 1.82) is 0 Å². The second-order valence-electron chi connectivity index (χ2n) is 10.9. The molecule has 3 aromatic rings. The number of oxazole rings is 1. The Labute approximate surface area is 243 Å². The van der Waals surface area contributed by atoms with Gasteiger partial charge in [0.2, 0.25) is 5.89 Å². The lowest BCUT2D eigenvalue weighted by molar-refractivity contribution is 0.0920. The molecular weight excluding hydrogens is 550 g/mol. The van der Waals surface area contributed by atoms with Crippen molar-refractivity contribution in [2.24, 2.45) is 5.92 Å². The van der Waals surface area contributed by atoms with Crippen LogP contribution in [0.4, 0.5) is 0 Å². The van der Waals surface area contributed by atoms with Crippen LogP contribution in [0.1, 0.15) is 59.3 Å². The van der Waals surface area contributed by atoms with Gasteiger partial charge in [-0.2, -0.15) is 8.42 Å². The first-order chi connectivity index (χ1) is 18.7. The van der Waals surface area contributed by atoms with Crippen molar-refractivity contribution >= 4 is 28.4 Å². The molecule has 0 unspecified atom stereocenters. The summed E-state index contributed by atoms with van der Waals surface area (Å²) in [4.78, 5) is 19.8. The third-order valence-corrected chi connectivity index (χ3v) is 8.34. The number of nitrogens with one attached hydrogen (secondary N) is 1. The summed E-state index contributed by atoms with van der Waals surface area (Å²) in [5.74, 6) is 1.56. The number of aryl methyl sites for hydroxylation is 1. The minimum Gasteiger partial charge on any atom is -0.444 e. The number of carbonyl (C=O) groups excluding carboxylic acids is 1. The maximum absolute atomic E-state index is 12.9. The fourth-order valence-electron chi connectivity index (χ4n) is 5.71. The van der Waals surface area contributed by atoms with Crippen LogP contribution >= 0.6 is 12.4 Å². The van der Waals surface area contributed by atoms with Gasteiger partial charge in [0.15, 0.2) is 0 Å². The molecule has 1 amide bonds. The summed E-state index contributed by atoms with van der Waals surface area (Å²) >= 11 is 0. The van der Waals surface area contributed by atoms with Crippen molar-refractivity contribution in [1.82, 2.24) is 15.2 Å². The molecule has 0 radical (unpaired) electrons. The van der Waals surface area contributed by atoms with Gasteiger partial charge >= 0.3 is 10.1 Å². The summed E-state index contributed by atoms with van der Waals surface area (Å²) < 4.78 is 33.5. The molecule has 0 saturated heterocycles. The highest BCUT2D eigenvalue weighted by Gasteiger charge is 2.24. The van der Waals surface area contributed by atoms with Crippen LogP contribution in [0.5, 0.6) is 5.75 Å². The van der Waals surface area contributed by atoms with E-state index in [0.717, 1.165) is 82.1 Å². The zero-order valence-corrected chi connectivity index (χ0v) is 24.7. The van der Waals surface area contributed by atoms with Gasteiger partial charge in [-0.1, -0.05) is 12.1 Å². The van der Waals surface area contributed by atoms with Crippen molar-refractivity contribution in [3.05, 3.63) is 71.1 Å². The van der Waals surface area contributed by atoms with Crippen LogP contribution in [0.25, 0.3) is 11.5 Å². The lowest BCUT2D eigenvalue weighted by Gasteiger charge is -2.30. The fourth-order valence-corrected chi connectivity index (χ4v) is 6.16. The topological polar surface area (TPSA) is 102 Å². The summed E-state index contributed by atoms with van der Waals surface area (Å²) in [6.07, 6.45) is 9.96. The average Bonchev–Trinajstić information content (AvgIpc) is 3.24. The Kier molecular flexibility index (Phi) is 9.92. The highest BCUT2D eigenvalue weighted by atomic mass is 35.5. The molecule has 0 spiro atoms. The average molecular weight is 588 g/mol. The van der Waals surface area contributed by atoms with Crippen LogP contribution in [0.2, 0.25) is 0 Å². The molecule has 216 valence electrons. The third-order valence-electron chi connectivity index (χ3n) is 7.85. The molecule has 10 heteroatoms. The SMILES string of the molecule is Cc1coc(-c2cccc(C(=O)NC3CCC(CCN4CCc5ccc(OS(C)(=O)=O)cc5CC4)CC3)c2)n1.Cl. The number of benzene rings is 2. The van der Waals surface area contributed by atoms with Crippen molar-refractivity contribution in [3.8, 4) is 17.2 Å². The number of halogens is 1. The van der Waals surface area contributed by atoms with Gasteiger partial charge in [0.05, 0.1) is 11.9 Å². The van der Waals surface area contributed by atoms with Gasteiger partial charge in [0.1, 0.15) is 12.0 Å². The van der Waals surface area contributed by atoms with Gasteiger partial charge in [-0.3, -0.25) is 4.79 Å². The summed E-state index contributed by atoms with van der Waals surface area (Å²) in [5, 5.41) is 3.23. The number of hydrogen-bond donors (Lipinski definition) is 1. The van der Waals surface area contributed by atoms with Crippen LogP contribution in [0, 0.1) is 12.8 Å². The lowest BCUT2D eigenvalue weighted by atomic mass is 9.84. The molecule has 0 atom stereocenters. The number of aromatic nitrogens is 1. The van der Waals surface area contributed by atoms with Crippen molar-refractivity contribution in [3.63, 3.8) is 0 Å². The first-order valence-corrected chi connectivity index (χ1v) is 15.6. The second-order valence-corrected chi connectivity index (χ2v) is 12.5. The van der Waals surface area contributed by atoms with Gasteiger partial charge < -0.3 is 18.8 Å². The molecule has 1 aliphatic heterocycles. The lowest BCUT2D eigenvalue weighted by Crippen LogP contribution is -2.38. The van der Waals surface area contributed by atoms with E-state index in [1.54, 1.807) is 12.3 Å². The number of hydrogen-bond acceptors (Lipinski definition) is 7. The Morgan fingerprint density at radius 2 is 1.82 bits per heavy atom. The number of carbonyl (C=O) groups is 1. The fraction of sp³-hybridized carbons (Fsp3) is 0.467. The molecule has 0 bridgehead atoms. The largest absolute Gasteiger partial charge is 0.444 e. The van der Waals surface area contributed by atoms with Gasteiger partial charge in [0, 0.05) is 30.3 Å². The zero-order chi connectivity index (χ0) is 27.4. The van der Waals surface area contributed by atoms with E-state index < -0.39 is 10.1 Å². The zero-order valence-electron chi connectivity index (χ0n) is 23.1. The highest BCUT2D eigenvalue weighted by Crippen LogP contribution is 2.29. The molecule has 1 saturated carbocycles. The molecule has 40 heavy (non-hydrogen) atoms. The van der Waals surface area contributed by atoms with Gasteiger partial charge in [0.25, 0.3) is 5.91 Å². The normalized spacial score (nSPS) is 19.6. The Morgan fingerprint density at radius 3 is 2.52 bits per heavy atom. The third kappa shape index (κ3) is 8.08. The van der Waals surface area contributed by atoms with E-state index in [4.69, 9.17) is 8.60 Å². The van der Waals surface area contributed by atoms with E-state index in [1.807, 2.05) is 43.3 Å². The molecule has 1 aliphatic carbocycles. The van der Waals surface area contributed by atoms with E-state index in [0.29, 0.717) is 23.1 Å². The maximum Gasteiger partial charge on any atom is 0.306 e. The van der Waals surface area contributed by atoms with E-state index >= 15 is 0 Å². The second kappa shape index (κ2) is 13.2. The van der Waals surface area contributed by atoms with Crippen molar-refractivity contribution in [2.45, 2.75) is 57.9 Å². The summed E-state index contributed by atoms with van der Waals surface area (Å²) in [6, 6.07) is 13.3. The predicted molar refractivity (Wildman–Crippen MR) is 158 cm³/mol. The van der Waals surface area contributed by atoms with Crippen molar-refractivity contribution in [2.75, 3.05) is 25.9 Å². The minimum absolute atomic E-state index is 0. The summed E-state index contributed by atoms with van der Waals surface area (Å²) in [7, 11) is -3.52. The van der Waals surface area contributed by atoms with Crippen LogP contribution in [0.3, 0.4) is 0 Å². The number of amides is 1. The molecule has 2 heterocycles. The van der Waals surface area contributed by atoms with Gasteiger partial charge in [-0.15, -0.1) is 12.4 Å². The van der Waals surface area contributed by atoms with Crippen LogP contribution < -0.4 is 9.50 Å². The predicted octanol–water partition coefficient (Wildman–Crippen LogP) is 5.19. The standard InChI is InChI=1S/C30H37N3O5S.ClH/c1-21-20-37-30(31-21)26-5-3-4-25(18-26)29(34)32-27-9-6-22(7-10-27)12-15-33-16-13-23-8-11-28(38-39(2,35)36)19-24(23)14-17-33;/h3-5,8,11,18-20,22,27H,6-7,9-10,12-17H2,1-2H3,(H,32,34);1H. The molecule has 5 rings (SSSR count).